The van der Waals surface area contributed by atoms with E-state index in [2.05, 4.69) is 28.8 Å². The molecule has 1 aliphatic rings. The molecule has 0 radical (unpaired) electrons. The van der Waals surface area contributed by atoms with Gasteiger partial charge in [0.1, 0.15) is 0 Å². The molecule has 88 valence electrons. The summed E-state index contributed by atoms with van der Waals surface area (Å²) in [5, 5.41) is 0. The van der Waals surface area contributed by atoms with Crippen LogP contribution in [0.1, 0.15) is 31.0 Å². The van der Waals surface area contributed by atoms with Gasteiger partial charge in [-0.25, -0.2) is 9.97 Å². The van der Waals surface area contributed by atoms with E-state index in [9.17, 15) is 0 Å². The predicted molar refractivity (Wildman–Crippen MR) is 66.9 cm³/mol. The van der Waals surface area contributed by atoms with Crippen molar-refractivity contribution in [3.05, 3.63) is 17.5 Å². The van der Waals surface area contributed by atoms with Crippen molar-refractivity contribution in [2.45, 2.75) is 38.6 Å². The molecule has 0 aromatic carbocycles. The quantitative estimate of drug-likeness (QED) is 0.757. The third-order valence-corrected chi connectivity index (χ3v) is 3.73. The average Bonchev–Trinajstić information content (AvgIpc) is 3.11. The first-order chi connectivity index (χ1) is 7.63. The highest BCUT2D eigenvalue weighted by molar-refractivity contribution is 6.17. The summed E-state index contributed by atoms with van der Waals surface area (Å²) in [6.07, 6.45) is 4.51. The van der Waals surface area contributed by atoms with Gasteiger partial charge >= 0.3 is 0 Å². The molecule has 4 heteroatoms. The fourth-order valence-electron chi connectivity index (χ4n) is 1.86. The van der Waals surface area contributed by atoms with E-state index in [1.54, 1.807) is 0 Å². The van der Waals surface area contributed by atoms with E-state index in [4.69, 9.17) is 11.6 Å². The van der Waals surface area contributed by atoms with E-state index in [0.29, 0.717) is 11.9 Å². The number of nitrogens with zero attached hydrogens (tertiary/aromatic N) is 3. The Balaban J connectivity index is 2.16. The van der Waals surface area contributed by atoms with Crippen molar-refractivity contribution in [1.29, 1.82) is 0 Å². The molecule has 3 nitrogen and oxygen atoms in total. The summed E-state index contributed by atoms with van der Waals surface area (Å²) in [5.41, 5.74) is 1.99. The van der Waals surface area contributed by atoms with Crippen LogP contribution in [0.5, 0.6) is 0 Å². The fourth-order valence-corrected chi connectivity index (χ4v) is 2.12. The topological polar surface area (TPSA) is 29.0 Å². The van der Waals surface area contributed by atoms with Gasteiger partial charge in [-0.3, -0.25) is 0 Å². The predicted octanol–water partition coefficient (Wildman–Crippen LogP) is 2.76. The minimum atomic E-state index is 0.480. The SMILES string of the molecule is Cc1nc(N(C)C(C)C2CC2)ncc1CCl. The molecule has 0 saturated heterocycles. The number of halogens is 1. The van der Waals surface area contributed by atoms with Gasteiger partial charge in [0.05, 0.1) is 5.88 Å². The summed E-state index contributed by atoms with van der Waals surface area (Å²) in [6, 6.07) is 0.529. The summed E-state index contributed by atoms with van der Waals surface area (Å²) >= 11 is 5.79. The van der Waals surface area contributed by atoms with Crippen LogP contribution in [-0.4, -0.2) is 23.1 Å². The smallest absolute Gasteiger partial charge is 0.225 e. The molecule has 0 amide bonds. The minimum absolute atomic E-state index is 0.480. The van der Waals surface area contributed by atoms with E-state index in [1.807, 2.05) is 13.1 Å². The second-order valence-electron chi connectivity index (χ2n) is 4.60. The zero-order valence-corrected chi connectivity index (χ0v) is 10.8. The molecule has 16 heavy (non-hydrogen) atoms. The number of aryl methyl sites for hydroxylation is 1. The number of aromatic nitrogens is 2. The van der Waals surface area contributed by atoms with Crippen molar-refractivity contribution in [1.82, 2.24) is 9.97 Å². The Morgan fingerprint density at radius 1 is 1.56 bits per heavy atom. The standard InChI is InChI=1S/C12H18ClN3/c1-8-11(6-13)7-14-12(15-8)16(3)9(2)10-4-5-10/h7,9-10H,4-6H2,1-3H3. The number of alkyl halides is 1. The maximum atomic E-state index is 5.79. The average molecular weight is 240 g/mol. The summed E-state index contributed by atoms with van der Waals surface area (Å²) < 4.78 is 0. The van der Waals surface area contributed by atoms with Crippen LogP contribution in [0, 0.1) is 12.8 Å². The van der Waals surface area contributed by atoms with Crippen LogP contribution in [0.15, 0.2) is 6.20 Å². The molecule has 1 aromatic rings. The van der Waals surface area contributed by atoms with Crippen molar-refractivity contribution < 1.29 is 0 Å². The summed E-state index contributed by atoms with van der Waals surface area (Å²) in [5.74, 6) is 2.11. The molecule has 1 fully saturated rings. The second-order valence-corrected chi connectivity index (χ2v) is 4.87. The highest BCUT2D eigenvalue weighted by Gasteiger charge is 2.31. The van der Waals surface area contributed by atoms with Gasteiger partial charge in [-0.2, -0.15) is 0 Å². The third-order valence-electron chi connectivity index (χ3n) is 3.44. The number of anilines is 1. The maximum absolute atomic E-state index is 5.79. The first-order valence-corrected chi connectivity index (χ1v) is 6.28. The van der Waals surface area contributed by atoms with E-state index in [1.165, 1.54) is 12.8 Å². The Morgan fingerprint density at radius 2 is 2.25 bits per heavy atom. The van der Waals surface area contributed by atoms with Crippen molar-refractivity contribution in [2.24, 2.45) is 5.92 Å². The molecule has 2 rings (SSSR count). The number of rotatable bonds is 4. The van der Waals surface area contributed by atoms with Crippen LogP contribution in [0.25, 0.3) is 0 Å². The molecule has 0 spiro atoms. The highest BCUT2D eigenvalue weighted by atomic mass is 35.5. The van der Waals surface area contributed by atoms with Crippen molar-refractivity contribution in [3.63, 3.8) is 0 Å². The lowest BCUT2D eigenvalue weighted by molar-refractivity contribution is 0.596. The van der Waals surface area contributed by atoms with Gasteiger partial charge < -0.3 is 4.90 Å². The van der Waals surface area contributed by atoms with Gasteiger partial charge in [0.25, 0.3) is 0 Å². The summed E-state index contributed by atoms with van der Waals surface area (Å²) in [7, 11) is 2.07. The largest absolute Gasteiger partial charge is 0.341 e. The van der Waals surface area contributed by atoms with Gasteiger partial charge in [0.15, 0.2) is 0 Å². The molecule has 1 saturated carbocycles. The zero-order valence-electron chi connectivity index (χ0n) is 10.1. The van der Waals surface area contributed by atoms with Crippen molar-refractivity contribution in [2.75, 3.05) is 11.9 Å². The number of hydrogen-bond donors (Lipinski definition) is 0. The molecule has 0 N–H and O–H groups in total. The van der Waals surface area contributed by atoms with Crippen LogP contribution in [-0.2, 0) is 5.88 Å². The Kier molecular flexibility index (Phi) is 3.33. The maximum Gasteiger partial charge on any atom is 0.225 e. The Labute approximate surface area is 102 Å². The highest BCUT2D eigenvalue weighted by Crippen LogP contribution is 2.35. The van der Waals surface area contributed by atoms with Crippen LogP contribution < -0.4 is 4.90 Å². The molecule has 1 atom stereocenters. The van der Waals surface area contributed by atoms with Crippen LogP contribution in [0.3, 0.4) is 0 Å². The van der Waals surface area contributed by atoms with Gasteiger partial charge in [0.2, 0.25) is 5.95 Å². The molecule has 1 aliphatic carbocycles. The zero-order chi connectivity index (χ0) is 11.7. The summed E-state index contributed by atoms with van der Waals surface area (Å²) in [4.78, 5) is 11.0. The van der Waals surface area contributed by atoms with E-state index < -0.39 is 0 Å². The normalized spacial score (nSPS) is 17.2. The molecule has 1 aromatic heterocycles. The van der Waals surface area contributed by atoms with E-state index in [-0.39, 0.29) is 0 Å². The van der Waals surface area contributed by atoms with E-state index in [0.717, 1.165) is 23.1 Å². The molecule has 1 unspecified atom stereocenters. The first-order valence-electron chi connectivity index (χ1n) is 5.74. The molecule has 0 bridgehead atoms. The van der Waals surface area contributed by atoms with Crippen LogP contribution in [0.2, 0.25) is 0 Å². The summed E-state index contributed by atoms with van der Waals surface area (Å²) in [6.45, 7) is 4.23. The molecular weight excluding hydrogens is 222 g/mol. The van der Waals surface area contributed by atoms with Crippen LogP contribution in [0.4, 0.5) is 5.95 Å². The van der Waals surface area contributed by atoms with Gasteiger partial charge in [-0.1, -0.05) is 0 Å². The number of hydrogen-bond acceptors (Lipinski definition) is 3. The Morgan fingerprint density at radius 3 is 2.75 bits per heavy atom. The third kappa shape index (κ3) is 2.29. The van der Waals surface area contributed by atoms with Crippen LogP contribution >= 0.6 is 11.6 Å². The molecule has 0 aliphatic heterocycles. The lowest BCUT2D eigenvalue weighted by atomic mass is 10.2. The minimum Gasteiger partial charge on any atom is -0.341 e. The Hall–Kier alpha value is -0.830. The second kappa shape index (κ2) is 4.58. The van der Waals surface area contributed by atoms with Gasteiger partial charge in [-0.05, 0) is 32.6 Å². The van der Waals surface area contributed by atoms with Crippen molar-refractivity contribution in [3.8, 4) is 0 Å². The fraction of sp³-hybridized carbons (Fsp3) is 0.667. The van der Waals surface area contributed by atoms with E-state index >= 15 is 0 Å². The molecule has 1 heterocycles. The monoisotopic (exact) mass is 239 g/mol. The lowest BCUT2D eigenvalue weighted by Gasteiger charge is -2.25. The Bertz CT molecular complexity index is 377. The molecular formula is C12H18ClN3. The first kappa shape index (κ1) is 11.6. The van der Waals surface area contributed by atoms with Gasteiger partial charge in [-0.15, -0.1) is 11.6 Å². The lowest BCUT2D eigenvalue weighted by Crippen LogP contribution is -2.32. The van der Waals surface area contributed by atoms with Gasteiger partial charge in [0, 0.05) is 30.5 Å². The van der Waals surface area contributed by atoms with Crippen molar-refractivity contribution >= 4 is 17.5 Å².